The number of aromatic nitrogens is 1. The van der Waals surface area contributed by atoms with E-state index in [4.69, 9.17) is 4.74 Å². The summed E-state index contributed by atoms with van der Waals surface area (Å²) in [4.78, 5) is 24.4. The largest absolute Gasteiger partial charge is 0.491 e. The number of pyridine rings is 1. The molecule has 0 aliphatic carbocycles. The van der Waals surface area contributed by atoms with Crippen LogP contribution in [0.5, 0.6) is 5.75 Å². The number of benzene rings is 1. The van der Waals surface area contributed by atoms with Crippen molar-refractivity contribution in [3.05, 3.63) is 52.9 Å². The van der Waals surface area contributed by atoms with Crippen LogP contribution in [0, 0.1) is 0 Å². The van der Waals surface area contributed by atoms with E-state index in [1.807, 2.05) is 13.8 Å². The zero-order chi connectivity index (χ0) is 21.6. The lowest BCUT2D eigenvalue weighted by atomic mass is 10.3. The third kappa shape index (κ3) is 5.91. The monoisotopic (exact) mass is 421 g/mol. The molecule has 1 N–H and O–H groups in total. The normalized spacial score (nSPS) is 11.7. The maximum Gasteiger partial charge on any atom is 0.251 e. The second kappa shape index (κ2) is 9.71. The fourth-order valence-corrected chi connectivity index (χ4v) is 4.22. The Labute approximate surface area is 171 Å². The SMILES string of the molecule is CCN(CC)S(=O)(=O)c1ccc(=O)n(CC(=O)Nc2ccc(OC(C)C)cc2)c1. The highest BCUT2D eigenvalue weighted by Gasteiger charge is 2.22. The fraction of sp³-hybridized carbons (Fsp3) is 0.400. The summed E-state index contributed by atoms with van der Waals surface area (Å²) in [5.41, 5.74) is 0.0883. The molecule has 0 saturated heterocycles. The van der Waals surface area contributed by atoms with Crippen LogP contribution in [-0.2, 0) is 21.4 Å². The van der Waals surface area contributed by atoms with Gasteiger partial charge in [-0.2, -0.15) is 4.31 Å². The minimum atomic E-state index is -3.72. The molecule has 2 rings (SSSR count). The molecule has 1 aromatic carbocycles. The van der Waals surface area contributed by atoms with Crippen LogP contribution in [-0.4, -0.2) is 42.4 Å². The van der Waals surface area contributed by atoms with Crippen LogP contribution in [0.15, 0.2) is 52.3 Å². The summed E-state index contributed by atoms with van der Waals surface area (Å²) in [5.74, 6) is 0.241. The number of sulfonamides is 1. The third-order valence-corrected chi connectivity index (χ3v) is 6.16. The van der Waals surface area contributed by atoms with Crippen molar-refractivity contribution in [1.29, 1.82) is 0 Å². The van der Waals surface area contributed by atoms with Crippen molar-refractivity contribution in [2.75, 3.05) is 18.4 Å². The highest BCUT2D eigenvalue weighted by atomic mass is 32.2. The Morgan fingerprint density at radius 2 is 1.72 bits per heavy atom. The van der Waals surface area contributed by atoms with Crippen LogP contribution < -0.4 is 15.6 Å². The Morgan fingerprint density at radius 3 is 2.28 bits per heavy atom. The van der Waals surface area contributed by atoms with Gasteiger partial charge in [-0.25, -0.2) is 8.42 Å². The molecule has 1 amide bonds. The summed E-state index contributed by atoms with van der Waals surface area (Å²) in [5, 5.41) is 2.69. The first-order valence-corrected chi connectivity index (χ1v) is 10.9. The molecule has 29 heavy (non-hydrogen) atoms. The molecule has 9 heteroatoms. The van der Waals surface area contributed by atoms with Crippen LogP contribution >= 0.6 is 0 Å². The van der Waals surface area contributed by atoms with E-state index in [2.05, 4.69) is 5.32 Å². The second-order valence-electron chi connectivity index (χ2n) is 6.66. The van der Waals surface area contributed by atoms with Crippen molar-refractivity contribution < 1.29 is 17.9 Å². The van der Waals surface area contributed by atoms with E-state index < -0.39 is 21.5 Å². The number of nitrogens with one attached hydrogen (secondary N) is 1. The highest BCUT2D eigenvalue weighted by Crippen LogP contribution is 2.17. The van der Waals surface area contributed by atoms with Gasteiger partial charge in [-0.1, -0.05) is 13.8 Å². The van der Waals surface area contributed by atoms with E-state index in [1.54, 1.807) is 38.1 Å². The predicted octanol–water partition coefficient (Wildman–Crippen LogP) is 2.30. The molecule has 8 nitrogen and oxygen atoms in total. The minimum Gasteiger partial charge on any atom is -0.491 e. The Hall–Kier alpha value is -2.65. The summed E-state index contributed by atoms with van der Waals surface area (Å²) < 4.78 is 33.2. The van der Waals surface area contributed by atoms with Crippen molar-refractivity contribution in [2.24, 2.45) is 0 Å². The smallest absolute Gasteiger partial charge is 0.251 e. The molecular formula is C20H27N3O5S. The minimum absolute atomic E-state index is 0.0243. The van der Waals surface area contributed by atoms with E-state index >= 15 is 0 Å². The van der Waals surface area contributed by atoms with Gasteiger partial charge in [0.15, 0.2) is 0 Å². The Balaban J connectivity index is 2.15. The number of carbonyl (C=O) groups excluding carboxylic acids is 1. The number of hydrogen-bond donors (Lipinski definition) is 1. The molecule has 1 heterocycles. The van der Waals surface area contributed by atoms with Gasteiger partial charge in [0.2, 0.25) is 15.9 Å². The number of ether oxygens (including phenoxy) is 1. The summed E-state index contributed by atoms with van der Waals surface area (Å²) in [7, 11) is -3.72. The summed E-state index contributed by atoms with van der Waals surface area (Å²) in [6.07, 6.45) is 1.25. The molecule has 2 aromatic rings. The van der Waals surface area contributed by atoms with Crippen LogP contribution in [0.1, 0.15) is 27.7 Å². The molecular weight excluding hydrogens is 394 g/mol. The van der Waals surface area contributed by atoms with Gasteiger partial charge in [0.25, 0.3) is 5.56 Å². The molecule has 0 radical (unpaired) electrons. The number of carbonyl (C=O) groups is 1. The zero-order valence-corrected chi connectivity index (χ0v) is 17.9. The van der Waals surface area contributed by atoms with E-state index in [9.17, 15) is 18.0 Å². The van der Waals surface area contributed by atoms with E-state index in [1.165, 1.54) is 16.6 Å². The Kier molecular flexibility index (Phi) is 7.58. The Morgan fingerprint density at radius 1 is 1.10 bits per heavy atom. The van der Waals surface area contributed by atoms with Gasteiger partial charge in [0, 0.05) is 31.0 Å². The first-order chi connectivity index (χ1) is 13.7. The highest BCUT2D eigenvalue weighted by molar-refractivity contribution is 7.89. The van der Waals surface area contributed by atoms with Crippen molar-refractivity contribution in [3.8, 4) is 5.75 Å². The molecule has 1 aromatic heterocycles. The van der Waals surface area contributed by atoms with Crippen LogP contribution in [0.4, 0.5) is 5.69 Å². The maximum atomic E-state index is 12.6. The Bertz CT molecular complexity index is 994. The number of anilines is 1. The lowest BCUT2D eigenvalue weighted by molar-refractivity contribution is -0.116. The number of hydrogen-bond acceptors (Lipinski definition) is 5. The second-order valence-corrected chi connectivity index (χ2v) is 8.60. The molecule has 0 unspecified atom stereocenters. The number of nitrogens with zero attached hydrogens (tertiary/aromatic N) is 2. The van der Waals surface area contributed by atoms with Crippen LogP contribution in [0.2, 0.25) is 0 Å². The maximum absolute atomic E-state index is 12.6. The molecule has 0 spiro atoms. The van der Waals surface area contributed by atoms with E-state index in [0.29, 0.717) is 24.5 Å². The van der Waals surface area contributed by atoms with Gasteiger partial charge < -0.3 is 14.6 Å². The van der Waals surface area contributed by atoms with Gasteiger partial charge in [-0.15, -0.1) is 0 Å². The van der Waals surface area contributed by atoms with Crippen LogP contribution in [0.3, 0.4) is 0 Å². The number of amides is 1. The molecule has 0 bridgehead atoms. The van der Waals surface area contributed by atoms with Crippen molar-refractivity contribution in [2.45, 2.75) is 45.2 Å². The standard InChI is InChI=1S/C20H27N3O5S/c1-5-23(6-2)29(26,27)18-11-12-20(25)22(13-18)14-19(24)21-16-7-9-17(10-8-16)28-15(3)4/h7-13,15H,5-6,14H2,1-4H3,(H,21,24). The fourth-order valence-electron chi connectivity index (χ4n) is 2.74. The molecule has 0 aliphatic heterocycles. The number of rotatable bonds is 9. The predicted molar refractivity (Wildman–Crippen MR) is 112 cm³/mol. The lowest BCUT2D eigenvalue weighted by Gasteiger charge is -2.19. The summed E-state index contributed by atoms with van der Waals surface area (Å²) in [6.45, 7) is 7.64. The van der Waals surface area contributed by atoms with Gasteiger partial charge in [-0.05, 0) is 44.2 Å². The van der Waals surface area contributed by atoms with Crippen molar-refractivity contribution in [1.82, 2.24) is 8.87 Å². The molecule has 0 aliphatic rings. The quantitative estimate of drug-likeness (QED) is 0.670. The molecule has 0 atom stereocenters. The van der Waals surface area contributed by atoms with E-state index in [0.717, 1.165) is 10.6 Å². The average Bonchev–Trinajstić information content (AvgIpc) is 2.65. The van der Waals surface area contributed by atoms with Crippen molar-refractivity contribution in [3.63, 3.8) is 0 Å². The first kappa shape index (κ1) is 22.6. The van der Waals surface area contributed by atoms with Gasteiger partial charge >= 0.3 is 0 Å². The van der Waals surface area contributed by atoms with Crippen molar-refractivity contribution >= 4 is 21.6 Å². The topological polar surface area (TPSA) is 97.7 Å². The average molecular weight is 422 g/mol. The third-order valence-electron chi connectivity index (χ3n) is 4.12. The van der Waals surface area contributed by atoms with Gasteiger partial charge in [0.05, 0.1) is 11.0 Å². The van der Waals surface area contributed by atoms with E-state index in [-0.39, 0.29) is 17.5 Å². The zero-order valence-electron chi connectivity index (χ0n) is 17.1. The lowest BCUT2D eigenvalue weighted by Crippen LogP contribution is -2.33. The first-order valence-electron chi connectivity index (χ1n) is 9.44. The summed E-state index contributed by atoms with van der Waals surface area (Å²) in [6, 6.07) is 9.27. The summed E-state index contributed by atoms with van der Waals surface area (Å²) >= 11 is 0. The molecule has 158 valence electrons. The van der Waals surface area contributed by atoms with Gasteiger partial charge in [-0.3, -0.25) is 9.59 Å². The van der Waals surface area contributed by atoms with Gasteiger partial charge in [0.1, 0.15) is 12.3 Å². The molecule has 0 fully saturated rings. The molecule has 0 saturated carbocycles. The van der Waals surface area contributed by atoms with Crippen LogP contribution in [0.25, 0.3) is 0 Å².